The Morgan fingerprint density at radius 2 is 1.93 bits per heavy atom. The van der Waals surface area contributed by atoms with E-state index >= 15 is 0 Å². The van der Waals surface area contributed by atoms with Gasteiger partial charge in [-0.15, -0.1) is 0 Å². The van der Waals surface area contributed by atoms with Gasteiger partial charge in [-0.2, -0.15) is 0 Å². The van der Waals surface area contributed by atoms with Crippen LogP contribution in [0.2, 0.25) is 0 Å². The van der Waals surface area contributed by atoms with Crippen LogP contribution in [0.1, 0.15) is 44.6 Å². The number of benzene rings is 1. The zero-order valence-electron chi connectivity index (χ0n) is 16.9. The maximum atomic E-state index is 12.9. The molecule has 2 amide bonds. The Balaban J connectivity index is 1.51. The lowest BCUT2D eigenvalue weighted by molar-refractivity contribution is -0.138. The maximum absolute atomic E-state index is 12.9. The number of rotatable bonds is 8. The molecule has 0 aliphatic carbocycles. The van der Waals surface area contributed by atoms with Gasteiger partial charge in [0.05, 0.1) is 12.0 Å². The molecule has 28 heavy (non-hydrogen) atoms. The van der Waals surface area contributed by atoms with Gasteiger partial charge in [0.25, 0.3) is 0 Å². The van der Waals surface area contributed by atoms with Crippen molar-refractivity contribution in [3.8, 4) is 0 Å². The van der Waals surface area contributed by atoms with E-state index in [1.165, 1.54) is 5.56 Å². The van der Waals surface area contributed by atoms with Gasteiger partial charge >= 0.3 is 0 Å². The van der Waals surface area contributed by atoms with Gasteiger partial charge in [0, 0.05) is 38.3 Å². The van der Waals surface area contributed by atoms with Crippen LogP contribution in [-0.4, -0.2) is 55.6 Å². The number of nitrogens with zero attached hydrogens (tertiary/aromatic N) is 2. The van der Waals surface area contributed by atoms with E-state index in [0.29, 0.717) is 39.2 Å². The van der Waals surface area contributed by atoms with Crippen LogP contribution >= 0.6 is 0 Å². The second-order valence-corrected chi connectivity index (χ2v) is 7.86. The smallest absolute Gasteiger partial charge is 0.228 e. The first-order chi connectivity index (χ1) is 13.6. The van der Waals surface area contributed by atoms with Crippen molar-refractivity contribution < 1.29 is 14.3 Å². The fourth-order valence-electron chi connectivity index (χ4n) is 4.09. The van der Waals surface area contributed by atoms with Gasteiger partial charge in [-0.1, -0.05) is 25.5 Å². The van der Waals surface area contributed by atoms with Gasteiger partial charge in [-0.3, -0.25) is 9.59 Å². The van der Waals surface area contributed by atoms with E-state index in [9.17, 15) is 9.59 Å². The largest absolute Gasteiger partial charge is 0.378 e. The number of anilines is 1. The molecule has 2 heterocycles. The van der Waals surface area contributed by atoms with Crippen molar-refractivity contribution in [2.75, 3.05) is 37.7 Å². The molecule has 1 aromatic carbocycles. The predicted octanol–water partition coefficient (Wildman–Crippen LogP) is 2.35. The molecular weight excluding hydrogens is 354 g/mol. The molecule has 0 bridgehead atoms. The SMILES string of the molecule is CCCc1ccc(N2CC(C(=O)N3CCC(OCCCN)CC3)CC2=O)cc1. The predicted molar refractivity (Wildman–Crippen MR) is 110 cm³/mol. The summed E-state index contributed by atoms with van der Waals surface area (Å²) in [5, 5.41) is 0. The van der Waals surface area contributed by atoms with Crippen molar-refractivity contribution in [3.63, 3.8) is 0 Å². The maximum Gasteiger partial charge on any atom is 0.228 e. The van der Waals surface area contributed by atoms with Crippen molar-refractivity contribution >= 4 is 17.5 Å². The number of amides is 2. The monoisotopic (exact) mass is 387 g/mol. The normalized spacial score (nSPS) is 20.8. The van der Waals surface area contributed by atoms with E-state index < -0.39 is 0 Å². The van der Waals surface area contributed by atoms with Crippen molar-refractivity contribution in [3.05, 3.63) is 29.8 Å². The number of aryl methyl sites for hydroxylation is 1. The summed E-state index contributed by atoms with van der Waals surface area (Å²) >= 11 is 0. The fraction of sp³-hybridized carbons (Fsp3) is 0.636. The Morgan fingerprint density at radius 1 is 1.21 bits per heavy atom. The van der Waals surface area contributed by atoms with Gasteiger partial charge in [0.2, 0.25) is 11.8 Å². The summed E-state index contributed by atoms with van der Waals surface area (Å²) in [4.78, 5) is 29.1. The third-order valence-corrected chi connectivity index (χ3v) is 5.72. The summed E-state index contributed by atoms with van der Waals surface area (Å²) in [5.74, 6) is -0.0852. The molecule has 0 radical (unpaired) electrons. The standard InChI is InChI=1S/C22H33N3O3/c1-2-4-17-5-7-19(8-6-17)25-16-18(15-21(25)26)22(27)24-12-9-20(10-13-24)28-14-3-11-23/h5-8,18,20H,2-4,9-16,23H2,1H3. The van der Waals surface area contributed by atoms with Crippen molar-refractivity contribution in [1.29, 1.82) is 0 Å². The van der Waals surface area contributed by atoms with Gasteiger partial charge in [-0.25, -0.2) is 0 Å². The fourth-order valence-corrected chi connectivity index (χ4v) is 4.09. The van der Waals surface area contributed by atoms with Gasteiger partial charge < -0.3 is 20.3 Å². The number of carbonyl (C=O) groups is 2. The second kappa shape index (κ2) is 10.0. The van der Waals surface area contributed by atoms with Crippen LogP contribution in [0.4, 0.5) is 5.69 Å². The summed E-state index contributed by atoms with van der Waals surface area (Å²) in [7, 11) is 0. The molecule has 6 heteroatoms. The molecule has 2 saturated heterocycles. The van der Waals surface area contributed by atoms with Crippen molar-refractivity contribution in [2.24, 2.45) is 11.7 Å². The molecule has 2 aliphatic rings. The number of likely N-dealkylation sites (tertiary alicyclic amines) is 1. The minimum absolute atomic E-state index is 0.0431. The Bertz CT molecular complexity index is 653. The molecule has 2 aliphatic heterocycles. The lowest BCUT2D eigenvalue weighted by atomic mass is 10.0. The molecule has 6 nitrogen and oxygen atoms in total. The number of ether oxygens (including phenoxy) is 1. The molecule has 0 spiro atoms. The topological polar surface area (TPSA) is 75.9 Å². The number of carbonyl (C=O) groups excluding carboxylic acids is 2. The van der Waals surface area contributed by atoms with Crippen LogP contribution in [0.15, 0.2) is 24.3 Å². The Hall–Kier alpha value is -1.92. The van der Waals surface area contributed by atoms with E-state index in [0.717, 1.165) is 37.8 Å². The van der Waals surface area contributed by atoms with Crippen LogP contribution in [0.3, 0.4) is 0 Å². The van der Waals surface area contributed by atoms with Crippen LogP contribution in [0.25, 0.3) is 0 Å². The Morgan fingerprint density at radius 3 is 2.57 bits per heavy atom. The van der Waals surface area contributed by atoms with Crippen LogP contribution < -0.4 is 10.6 Å². The van der Waals surface area contributed by atoms with Crippen molar-refractivity contribution in [1.82, 2.24) is 4.90 Å². The van der Waals surface area contributed by atoms with E-state index in [2.05, 4.69) is 19.1 Å². The minimum Gasteiger partial charge on any atom is -0.378 e. The summed E-state index contributed by atoms with van der Waals surface area (Å²) in [6, 6.07) is 8.16. The van der Waals surface area contributed by atoms with Gasteiger partial charge in [0.1, 0.15) is 0 Å². The Kier molecular flexibility index (Phi) is 7.45. The third-order valence-electron chi connectivity index (χ3n) is 5.72. The molecule has 1 atom stereocenters. The molecule has 0 aromatic heterocycles. The first-order valence-electron chi connectivity index (χ1n) is 10.6. The first kappa shape index (κ1) is 20.8. The molecule has 3 rings (SSSR count). The van der Waals surface area contributed by atoms with Crippen LogP contribution in [0.5, 0.6) is 0 Å². The van der Waals surface area contributed by atoms with E-state index in [1.54, 1.807) is 4.90 Å². The molecule has 2 fully saturated rings. The molecule has 1 aromatic rings. The third kappa shape index (κ3) is 5.11. The summed E-state index contributed by atoms with van der Waals surface area (Å²) < 4.78 is 5.82. The quantitative estimate of drug-likeness (QED) is 0.695. The summed E-state index contributed by atoms with van der Waals surface area (Å²) in [5.41, 5.74) is 7.67. The number of hydrogen-bond donors (Lipinski definition) is 1. The number of piperidine rings is 1. The zero-order valence-corrected chi connectivity index (χ0v) is 16.9. The van der Waals surface area contributed by atoms with E-state index in [1.807, 2.05) is 17.0 Å². The summed E-state index contributed by atoms with van der Waals surface area (Å²) in [6.07, 6.45) is 5.27. The Labute approximate surface area is 168 Å². The average molecular weight is 388 g/mol. The lowest BCUT2D eigenvalue weighted by Crippen LogP contribution is -2.44. The van der Waals surface area contributed by atoms with Gasteiger partial charge in [-0.05, 0) is 49.9 Å². The highest BCUT2D eigenvalue weighted by atomic mass is 16.5. The molecule has 1 unspecified atom stereocenters. The minimum atomic E-state index is -0.238. The molecule has 0 saturated carbocycles. The highest BCUT2D eigenvalue weighted by Gasteiger charge is 2.38. The molecule has 2 N–H and O–H groups in total. The number of nitrogens with two attached hydrogens (primary N) is 1. The van der Waals surface area contributed by atoms with E-state index in [4.69, 9.17) is 10.5 Å². The van der Waals surface area contributed by atoms with Crippen molar-refractivity contribution in [2.45, 2.75) is 51.6 Å². The molecule has 154 valence electrons. The first-order valence-corrected chi connectivity index (χ1v) is 10.6. The summed E-state index contributed by atoms with van der Waals surface area (Å²) in [6.45, 7) is 5.40. The van der Waals surface area contributed by atoms with E-state index in [-0.39, 0.29) is 23.8 Å². The average Bonchev–Trinajstić information content (AvgIpc) is 3.11. The van der Waals surface area contributed by atoms with Crippen LogP contribution in [-0.2, 0) is 20.7 Å². The lowest BCUT2D eigenvalue weighted by Gasteiger charge is -2.33. The number of hydrogen-bond acceptors (Lipinski definition) is 4. The molecular formula is C22H33N3O3. The second-order valence-electron chi connectivity index (χ2n) is 7.86. The zero-order chi connectivity index (χ0) is 19.9. The highest BCUT2D eigenvalue weighted by Crippen LogP contribution is 2.28. The van der Waals surface area contributed by atoms with Gasteiger partial charge in [0.15, 0.2) is 0 Å². The van der Waals surface area contributed by atoms with Crippen LogP contribution in [0, 0.1) is 5.92 Å². The highest BCUT2D eigenvalue weighted by molar-refractivity contribution is 6.00.